The molecule has 0 aromatic heterocycles. The number of nitrogens with zero attached hydrogens (tertiary/aromatic N) is 2. The highest BCUT2D eigenvalue weighted by molar-refractivity contribution is 6.01. The first-order valence-electron chi connectivity index (χ1n) is 18.6. The van der Waals surface area contributed by atoms with Gasteiger partial charge >= 0.3 is 5.97 Å². The van der Waals surface area contributed by atoms with Crippen LogP contribution in [-0.2, 0) is 44.6 Å². The second-order valence-electron chi connectivity index (χ2n) is 14.8. The van der Waals surface area contributed by atoms with Crippen molar-refractivity contribution in [3.8, 4) is 0 Å². The highest BCUT2D eigenvalue weighted by Gasteiger charge is 2.58. The summed E-state index contributed by atoms with van der Waals surface area (Å²) < 4.78 is 17.4. The zero-order chi connectivity index (χ0) is 39.4. The molecule has 1 heterocycles. The van der Waals surface area contributed by atoms with Crippen LogP contribution in [0.1, 0.15) is 86.1 Å². The number of likely N-dealkylation sites (N-methyl/N-ethyl adjacent to an activating group) is 1. The second kappa shape index (κ2) is 20.3. The van der Waals surface area contributed by atoms with Crippen molar-refractivity contribution in [3.05, 3.63) is 35.9 Å². The smallest absolute Gasteiger partial charge is 0.328 e. The van der Waals surface area contributed by atoms with Gasteiger partial charge in [0.25, 0.3) is 0 Å². The van der Waals surface area contributed by atoms with Gasteiger partial charge < -0.3 is 30.1 Å². The van der Waals surface area contributed by atoms with Crippen molar-refractivity contribution in [1.29, 1.82) is 0 Å². The molecular formula is C39H65N5O8. The summed E-state index contributed by atoms with van der Waals surface area (Å²) in [6, 6.07) is 7.28. The summed E-state index contributed by atoms with van der Waals surface area (Å²) in [5.41, 5.74) is 4.77. The standard InChI is InChI=1S/C39H65N5O8/c1-12-26(5)39(31(50-9)21-23-45,43(8)32(25(3)4)35(47)42-37(49)38(7,40)13-2)44-22-17-20-30(44)33(51-10)27(6)34(46)41-29(36(48)52-11)24-28-18-15-14-16-19-28/h14-16,18-19,23,25-27,29-33H,12-13,17,20-22,24,40H2,1-11H3,(H,41,46)(H,42,47,49)/t26-,27+,29-,30-,31+,32-,33+,38-,39+/m0/s1. The van der Waals surface area contributed by atoms with Gasteiger partial charge in [-0.2, -0.15) is 0 Å². The van der Waals surface area contributed by atoms with Gasteiger partial charge in [0, 0.05) is 39.6 Å². The van der Waals surface area contributed by atoms with E-state index in [0.29, 0.717) is 25.8 Å². The number of carbonyl (C=O) groups excluding carboxylic acids is 5. The number of nitrogens with one attached hydrogen (secondary N) is 2. The van der Waals surface area contributed by atoms with E-state index in [0.717, 1.165) is 18.3 Å². The van der Waals surface area contributed by atoms with Crippen LogP contribution in [0.4, 0.5) is 0 Å². The summed E-state index contributed by atoms with van der Waals surface area (Å²) in [5, 5.41) is 5.49. The number of methoxy groups -OCH3 is 3. The largest absolute Gasteiger partial charge is 0.467 e. The first kappa shape index (κ1) is 44.9. The first-order valence-corrected chi connectivity index (χ1v) is 18.6. The van der Waals surface area contributed by atoms with Gasteiger partial charge in [-0.15, -0.1) is 0 Å². The Morgan fingerprint density at radius 3 is 2.17 bits per heavy atom. The van der Waals surface area contributed by atoms with E-state index in [4.69, 9.17) is 19.9 Å². The summed E-state index contributed by atoms with van der Waals surface area (Å²) >= 11 is 0. The van der Waals surface area contributed by atoms with Crippen molar-refractivity contribution in [2.75, 3.05) is 34.9 Å². The number of carbonyl (C=O) groups is 5. The Morgan fingerprint density at radius 1 is 1.04 bits per heavy atom. The van der Waals surface area contributed by atoms with Crippen LogP contribution in [0.15, 0.2) is 30.3 Å². The molecule has 0 spiro atoms. The maximum atomic E-state index is 14.1. The predicted octanol–water partition coefficient (Wildman–Crippen LogP) is 3.08. The maximum Gasteiger partial charge on any atom is 0.328 e. The zero-order valence-corrected chi connectivity index (χ0v) is 33.3. The molecule has 1 aromatic carbocycles. The van der Waals surface area contributed by atoms with Crippen LogP contribution in [-0.4, -0.2) is 116 Å². The third-order valence-electron chi connectivity index (χ3n) is 11.2. The van der Waals surface area contributed by atoms with Crippen LogP contribution in [0.2, 0.25) is 0 Å². The van der Waals surface area contributed by atoms with Gasteiger partial charge in [-0.1, -0.05) is 78.3 Å². The lowest BCUT2D eigenvalue weighted by Gasteiger charge is -2.59. The molecule has 1 fully saturated rings. The molecule has 1 saturated heterocycles. The number of benzene rings is 1. The molecule has 1 aromatic rings. The third kappa shape index (κ3) is 10.0. The molecule has 294 valence electrons. The Balaban J connectivity index is 2.67. The third-order valence-corrected chi connectivity index (χ3v) is 11.2. The maximum absolute atomic E-state index is 14.1. The van der Waals surface area contributed by atoms with Gasteiger partial charge in [0.2, 0.25) is 17.7 Å². The second-order valence-corrected chi connectivity index (χ2v) is 14.8. The van der Waals surface area contributed by atoms with E-state index in [9.17, 15) is 24.0 Å². The van der Waals surface area contributed by atoms with Crippen molar-refractivity contribution in [2.45, 2.75) is 129 Å². The zero-order valence-electron chi connectivity index (χ0n) is 33.3. The molecular weight excluding hydrogens is 666 g/mol. The van der Waals surface area contributed by atoms with Gasteiger partial charge in [0.15, 0.2) is 0 Å². The summed E-state index contributed by atoms with van der Waals surface area (Å²) in [4.78, 5) is 70.7. The molecule has 9 atom stereocenters. The lowest BCUT2D eigenvalue weighted by Crippen LogP contribution is -2.75. The molecule has 0 bridgehead atoms. The van der Waals surface area contributed by atoms with Crippen LogP contribution in [0, 0.1) is 17.8 Å². The van der Waals surface area contributed by atoms with Crippen molar-refractivity contribution < 1.29 is 38.2 Å². The molecule has 13 heteroatoms. The van der Waals surface area contributed by atoms with Crippen molar-refractivity contribution >= 4 is 30.0 Å². The molecule has 4 N–H and O–H groups in total. The Labute approximate surface area is 311 Å². The summed E-state index contributed by atoms with van der Waals surface area (Å²) in [5.74, 6) is -3.17. The van der Waals surface area contributed by atoms with E-state index < -0.39 is 59.2 Å². The molecule has 1 aliphatic heterocycles. The molecule has 0 radical (unpaired) electrons. The number of ether oxygens (including phenoxy) is 3. The van der Waals surface area contributed by atoms with Crippen molar-refractivity contribution in [3.63, 3.8) is 0 Å². The Morgan fingerprint density at radius 2 is 1.67 bits per heavy atom. The molecule has 0 unspecified atom stereocenters. The quantitative estimate of drug-likeness (QED) is 0.126. The van der Waals surface area contributed by atoms with Crippen LogP contribution >= 0.6 is 0 Å². The minimum absolute atomic E-state index is 0.0322. The van der Waals surface area contributed by atoms with Gasteiger partial charge in [-0.05, 0) is 50.6 Å². The monoisotopic (exact) mass is 731 g/mol. The number of hydrogen-bond acceptors (Lipinski definition) is 11. The van der Waals surface area contributed by atoms with E-state index in [1.54, 1.807) is 35.0 Å². The fourth-order valence-corrected chi connectivity index (χ4v) is 7.94. The first-order chi connectivity index (χ1) is 24.5. The lowest BCUT2D eigenvalue weighted by atomic mass is 9.78. The number of nitrogens with two attached hydrogens (primary N) is 1. The number of esters is 1. The number of imide groups is 1. The highest BCUT2D eigenvalue weighted by Crippen LogP contribution is 2.44. The van der Waals surface area contributed by atoms with Crippen LogP contribution in [0.5, 0.6) is 0 Å². The average molecular weight is 732 g/mol. The Bertz CT molecular complexity index is 1330. The topological polar surface area (TPSA) is 170 Å². The number of likely N-dealkylation sites (tertiary alicyclic amines) is 1. The lowest BCUT2D eigenvalue weighted by molar-refractivity contribution is -0.203. The Hall–Kier alpha value is -3.23. The van der Waals surface area contributed by atoms with E-state index in [1.807, 2.05) is 63.1 Å². The number of rotatable bonds is 21. The SMILES string of the molecule is CC[C@H](C)[C@@]([C@@H](CC=O)OC)(N(C)[C@H](C(=O)NC(=O)[C@@](C)(N)CC)C(C)C)N1CCC[C@H]1[C@H](OC)[C@@H](C)C(=O)N[C@@H](Cc1ccccc1)C(=O)OC. The highest BCUT2D eigenvalue weighted by atomic mass is 16.5. The van der Waals surface area contributed by atoms with E-state index in [1.165, 1.54) is 7.11 Å². The molecule has 13 nitrogen and oxygen atoms in total. The van der Waals surface area contributed by atoms with Gasteiger partial charge in [-0.3, -0.25) is 29.5 Å². The minimum atomic E-state index is -1.24. The number of aldehydes is 1. The fourth-order valence-electron chi connectivity index (χ4n) is 7.94. The summed E-state index contributed by atoms with van der Waals surface area (Å²) in [6.45, 7) is 13.6. The van der Waals surface area contributed by atoms with Crippen molar-refractivity contribution in [1.82, 2.24) is 20.4 Å². The molecule has 52 heavy (non-hydrogen) atoms. The van der Waals surface area contributed by atoms with Gasteiger partial charge in [0.1, 0.15) is 18.0 Å². The van der Waals surface area contributed by atoms with Crippen LogP contribution in [0.3, 0.4) is 0 Å². The molecule has 0 aliphatic carbocycles. The predicted molar refractivity (Wildman–Crippen MR) is 200 cm³/mol. The molecule has 2 rings (SSSR count). The minimum Gasteiger partial charge on any atom is -0.467 e. The van der Waals surface area contributed by atoms with Gasteiger partial charge in [0.05, 0.1) is 36.8 Å². The van der Waals surface area contributed by atoms with Crippen LogP contribution in [0.25, 0.3) is 0 Å². The van der Waals surface area contributed by atoms with E-state index >= 15 is 0 Å². The van der Waals surface area contributed by atoms with E-state index in [-0.39, 0.29) is 36.6 Å². The molecule has 1 aliphatic rings. The van der Waals surface area contributed by atoms with E-state index in [2.05, 4.69) is 22.5 Å². The van der Waals surface area contributed by atoms with Gasteiger partial charge in [-0.25, -0.2) is 4.79 Å². The average Bonchev–Trinajstić information content (AvgIpc) is 3.60. The summed E-state index contributed by atoms with van der Waals surface area (Å²) in [6.07, 6.45) is 2.15. The van der Waals surface area contributed by atoms with Crippen LogP contribution < -0.4 is 16.4 Å². The van der Waals surface area contributed by atoms with Crippen molar-refractivity contribution in [2.24, 2.45) is 23.5 Å². The number of hydrogen-bond donors (Lipinski definition) is 3. The number of amides is 3. The molecule has 0 saturated carbocycles. The molecule has 3 amide bonds. The fraction of sp³-hybridized carbons (Fsp3) is 0.718. The normalized spacial score (nSPS) is 20.8. The summed E-state index contributed by atoms with van der Waals surface area (Å²) in [7, 11) is 6.26. The Kier molecular flexibility index (Phi) is 17.5.